The normalized spacial score (nSPS) is 21.3. The van der Waals surface area contributed by atoms with Crippen molar-refractivity contribution in [2.75, 3.05) is 19.3 Å². The van der Waals surface area contributed by atoms with Crippen LogP contribution in [-0.2, 0) is 10.0 Å². The van der Waals surface area contributed by atoms with Crippen LogP contribution in [0, 0.1) is 6.92 Å². The Morgan fingerprint density at radius 2 is 2.18 bits per heavy atom. The van der Waals surface area contributed by atoms with Crippen molar-refractivity contribution < 1.29 is 13.2 Å². The molecule has 2 atom stereocenters. The molecule has 1 aromatic heterocycles. The third-order valence-electron chi connectivity index (χ3n) is 3.72. The van der Waals surface area contributed by atoms with Gasteiger partial charge in [0.05, 0.1) is 12.3 Å². The number of piperidine rings is 1. The van der Waals surface area contributed by atoms with Crippen LogP contribution in [-0.4, -0.2) is 44.1 Å². The average Bonchev–Trinajstić information content (AvgIpc) is 2.84. The maximum absolute atomic E-state index is 12.1. The average molecular weight is 345 g/mol. The SMILES string of the molecule is Cc1ccc([C@H](C)NC(=O)N[C@H]2CCCN(S(C)(=O)=O)C2)s1. The Morgan fingerprint density at radius 3 is 2.77 bits per heavy atom. The number of aryl methyl sites for hydroxylation is 1. The van der Waals surface area contributed by atoms with Crippen molar-refractivity contribution in [3.63, 3.8) is 0 Å². The van der Waals surface area contributed by atoms with Crippen LogP contribution in [0.15, 0.2) is 12.1 Å². The number of hydrogen-bond donors (Lipinski definition) is 2. The first-order valence-electron chi connectivity index (χ1n) is 7.34. The zero-order chi connectivity index (χ0) is 16.3. The van der Waals surface area contributed by atoms with Gasteiger partial charge in [-0.15, -0.1) is 11.3 Å². The van der Waals surface area contributed by atoms with E-state index in [-0.39, 0.29) is 18.1 Å². The number of carbonyl (C=O) groups is 1. The van der Waals surface area contributed by atoms with E-state index in [2.05, 4.69) is 10.6 Å². The number of nitrogens with zero attached hydrogens (tertiary/aromatic N) is 1. The molecule has 0 aliphatic carbocycles. The first-order valence-corrected chi connectivity index (χ1v) is 10.0. The molecule has 8 heteroatoms. The molecule has 0 bridgehead atoms. The molecule has 22 heavy (non-hydrogen) atoms. The summed E-state index contributed by atoms with van der Waals surface area (Å²) in [7, 11) is -3.19. The number of nitrogens with one attached hydrogen (secondary N) is 2. The van der Waals surface area contributed by atoms with Crippen molar-refractivity contribution >= 4 is 27.4 Å². The van der Waals surface area contributed by atoms with Gasteiger partial charge in [-0.05, 0) is 38.8 Å². The standard InChI is InChI=1S/C14H23N3O3S2/c1-10-6-7-13(21-10)11(2)15-14(18)16-12-5-4-8-17(9-12)22(3,19)20/h6-7,11-12H,4-5,8-9H2,1-3H3,(H2,15,16,18)/t11-,12-/m0/s1. The summed E-state index contributed by atoms with van der Waals surface area (Å²) in [6.07, 6.45) is 2.76. The van der Waals surface area contributed by atoms with Crippen molar-refractivity contribution in [3.05, 3.63) is 21.9 Å². The predicted molar refractivity (Wildman–Crippen MR) is 88.6 cm³/mol. The first-order chi connectivity index (χ1) is 10.3. The summed E-state index contributed by atoms with van der Waals surface area (Å²) in [6, 6.07) is 3.59. The Hall–Kier alpha value is -1.12. The van der Waals surface area contributed by atoms with Crippen LogP contribution in [0.1, 0.15) is 35.6 Å². The molecule has 0 spiro atoms. The van der Waals surface area contributed by atoms with Crippen molar-refractivity contribution in [2.45, 2.75) is 38.8 Å². The van der Waals surface area contributed by atoms with Crippen LogP contribution in [0.2, 0.25) is 0 Å². The molecule has 1 saturated heterocycles. The Labute approximate surface area is 135 Å². The summed E-state index contributed by atoms with van der Waals surface area (Å²) >= 11 is 1.66. The van der Waals surface area contributed by atoms with Gasteiger partial charge < -0.3 is 10.6 Å². The predicted octanol–water partition coefficient (Wildman–Crippen LogP) is 1.84. The molecule has 1 aromatic rings. The van der Waals surface area contributed by atoms with Crippen molar-refractivity contribution in [3.8, 4) is 0 Å². The molecule has 0 saturated carbocycles. The largest absolute Gasteiger partial charge is 0.334 e. The minimum atomic E-state index is -3.19. The second kappa shape index (κ2) is 6.97. The van der Waals surface area contributed by atoms with E-state index in [1.165, 1.54) is 15.4 Å². The number of thiophene rings is 1. The smallest absolute Gasteiger partial charge is 0.315 e. The molecule has 1 fully saturated rings. The van der Waals surface area contributed by atoms with Crippen LogP contribution in [0.3, 0.4) is 0 Å². The molecule has 2 amide bonds. The van der Waals surface area contributed by atoms with Gasteiger partial charge in [0.15, 0.2) is 0 Å². The first kappa shape index (κ1) is 17.2. The molecule has 124 valence electrons. The second-order valence-corrected chi connectivity index (χ2v) is 9.05. The van der Waals surface area contributed by atoms with Crippen LogP contribution >= 0.6 is 11.3 Å². The Bertz CT molecular complexity index is 627. The molecular formula is C14H23N3O3S2. The Morgan fingerprint density at radius 1 is 1.45 bits per heavy atom. The van der Waals surface area contributed by atoms with E-state index in [9.17, 15) is 13.2 Å². The molecule has 0 radical (unpaired) electrons. The summed E-state index contributed by atoms with van der Waals surface area (Å²) in [5, 5.41) is 5.78. The highest BCUT2D eigenvalue weighted by atomic mass is 32.2. The fourth-order valence-corrected chi connectivity index (χ4v) is 4.33. The van der Waals surface area contributed by atoms with E-state index in [1.807, 2.05) is 26.0 Å². The maximum Gasteiger partial charge on any atom is 0.315 e. The number of sulfonamides is 1. The third-order valence-corrected chi connectivity index (χ3v) is 6.18. The summed E-state index contributed by atoms with van der Waals surface area (Å²) in [5.74, 6) is 0. The van der Waals surface area contributed by atoms with Crippen LogP contribution < -0.4 is 10.6 Å². The van der Waals surface area contributed by atoms with E-state index in [0.717, 1.165) is 17.7 Å². The van der Waals surface area contributed by atoms with Gasteiger partial charge in [-0.3, -0.25) is 0 Å². The lowest BCUT2D eigenvalue weighted by Gasteiger charge is -2.31. The minimum absolute atomic E-state index is 0.0618. The molecule has 6 nitrogen and oxygen atoms in total. The monoisotopic (exact) mass is 345 g/mol. The topological polar surface area (TPSA) is 78.5 Å². The second-order valence-electron chi connectivity index (χ2n) is 5.75. The summed E-state index contributed by atoms with van der Waals surface area (Å²) < 4.78 is 24.6. The van der Waals surface area contributed by atoms with Gasteiger partial charge in [-0.25, -0.2) is 17.5 Å². The van der Waals surface area contributed by atoms with E-state index in [0.29, 0.717) is 13.1 Å². The van der Waals surface area contributed by atoms with Crippen molar-refractivity contribution in [2.24, 2.45) is 0 Å². The molecule has 1 aliphatic heterocycles. The molecular weight excluding hydrogens is 322 g/mol. The van der Waals surface area contributed by atoms with E-state index < -0.39 is 10.0 Å². The van der Waals surface area contributed by atoms with Gasteiger partial charge in [0, 0.05) is 28.9 Å². The van der Waals surface area contributed by atoms with Gasteiger partial charge in [0.25, 0.3) is 0 Å². The number of carbonyl (C=O) groups excluding carboxylic acids is 1. The van der Waals surface area contributed by atoms with Crippen molar-refractivity contribution in [1.29, 1.82) is 0 Å². The zero-order valence-corrected chi connectivity index (χ0v) is 14.8. The lowest BCUT2D eigenvalue weighted by atomic mass is 10.1. The highest BCUT2D eigenvalue weighted by Gasteiger charge is 2.27. The van der Waals surface area contributed by atoms with Gasteiger partial charge in [0.1, 0.15) is 0 Å². The van der Waals surface area contributed by atoms with Crippen LogP contribution in [0.4, 0.5) is 4.79 Å². The van der Waals surface area contributed by atoms with Crippen LogP contribution in [0.25, 0.3) is 0 Å². The number of hydrogen-bond acceptors (Lipinski definition) is 4. The zero-order valence-electron chi connectivity index (χ0n) is 13.1. The van der Waals surface area contributed by atoms with Gasteiger partial charge in [-0.1, -0.05) is 0 Å². The summed E-state index contributed by atoms with van der Waals surface area (Å²) in [6.45, 7) is 4.85. The minimum Gasteiger partial charge on any atom is -0.334 e. The number of urea groups is 1. The molecule has 0 aromatic carbocycles. The molecule has 2 heterocycles. The maximum atomic E-state index is 12.1. The van der Waals surface area contributed by atoms with E-state index in [4.69, 9.17) is 0 Å². The quantitative estimate of drug-likeness (QED) is 0.874. The molecule has 1 aliphatic rings. The Kier molecular flexibility index (Phi) is 5.46. The molecule has 2 rings (SSSR count). The van der Waals surface area contributed by atoms with Gasteiger partial charge in [0.2, 0.25) is 10.0 Å². The van der Waals surface area contributed by atoms with Gasteiger partial charge in [-0.2, -0.15) is 0 Å². The fourth-order valence-electron chi connectivity index (χ4n) is 2.54. The number of rotatable bonds is 4. The lowest BCUT2D eigenvalue weighted by Crippen LogP contribution is -2.51. The summed E-state index contributed by atoms with van der Waals surface area (Å²) in [4.78, 5) is 14.4. The highest BCUT2D eigenvalue weighted by Crippen LogP contribution is 2.22. The molecule has 0 unspecified atom stereocenters. The lowest BCUT2D eigenvalue weighted by molar-refractivity contribution is 0.223. The Balaban J connectivity index is 1.86. The van der Waals surface area contributed by atoms with Crippen molar-refractivity contribution in [1.82, 2.24) is 14.9 Å². The molecule has 2 N–H and O–H groups in total. The third kappa shape index (κ3) is 4.69. The highest BCUT2D eigenvalue weighted by molar-refractivity contribution is 7.88. The number of amides is 2. The fraction of sp³-hybridized carbons (Fsp3) is 0.643. The summed E-state index contributed by atoms with van der Waals surface area (Å²) in [5.41, 5.74) is 0. The van der Waals surface area contributed by atoms with E-state index in [1.54, 1.807) is 11.3 Å². The van der Waals surface area contributed by atoms with E-state index >= 15 is 0 Å². The van der Waals surface area contributed by atoms with Crippen LogP contribution in [0.5, 0.6) is 0 Å². The van der Waals surface area contributed by atoms with Gasteiger partial charge >= 0.3 is 6.03 Å².